The second-order valence-corrected chi connectivity index (χ2v) is 6.90. The fourth-order valence-corrected chi connectivity index (χ4v) is 3.86. The van der Waals surface area contributed by atoms with E-state index in [4.69, 9.17) is 0 Å². The summed E-state index contributed by atoms with van der Waals surface area (Å²) in [7, 11) is 0. The zero-order chi connectivity index (χ0) is 15.5. The van der Waals surface area contributed by atoms with Gasteiger partial charge in [-0.15, -0.1) is 11.8 Å². The maximum atomic E-state index is 12.3. The Kier molecular flexibility index (Phi) is 10.1. The number of piperidine rings is 1. The average Bonchev–Trinajstić information content (AvgIpc) is 2.54. The lowest BCUT2D eigenvalue weighted by Gasteiger charge is -2.25. The van der Waals surface area contributed by atoms with E-state index in [1.54, 1.807) is 0 Å². The Morgan fingerprint density at radius 1 is 1.10 bits per heavy atom. The molecule has 1 aliphatic rings. The Morgan fingerprint density at radius 2 is 1.76 bits per heavy atom. The molecule has 124 valence electrons. The van der Waals surface area contributed by atoms with Crippen molar-refractivity contribution in [2.45, 2.75) is 45.3 Å². The van der Waals surface area contributed by atoms with Crippen LogP contribution in [-0.4, -0.2) is 72.5 Å². The Balaban J connectivity index is 2.21. The predicted molar refractivity (Wildman–Crippen MR) is 93.0 cm³/mol. The van der Waals surface area contributed by atoms with E-state index in [1.165, 1.54) is 12.8 Å². The molecular weight excluding hydrogens is 282 g/mol. The summed E-state index contributed by atoms with van der Waals surface area (Å²) in [6.45, 7) is 13.7. The lowest BCUT2D eigenvalue weighted by molar-refractivity contribution is -0.128. The third-order valence-corrected chi connectivity index (χ3v) is 5.62. The van der Waals surface area contributed by atoms with Gasteiger partial charge in [-0.25, -0.2) is 0 Å². The Labute approximate surface area is 135 Å². The molecule has 4 nitrogen and oxygen atoms in total. The van der Waals surface area contributed by atoms with Crippen LogP contribution in [0.2, 0.25) is 0 Å². The maximum Gasteiger partial charge on any atom is 0.232 e. The Bertz CT molecular complexity index is 279. The number of nitrogens with one attached hydrogen (secondary N) is 1. The molecule has 21 heavy (non-hydrogen) atoms. The number of amides is 1. The molecule has 0 aliphatic carbocycles. The van der Waals surface area contributed by atoms with Crippen molar-refractivity contribution in [2.24, 2.45) is 0 Å². The average molecular weight is 316 g/mol. The summed E-state index contributed by atoms with van der Waals surface area (Å²) in [4.78, 5) is 16.8. The lowest BCUT2D eigenvalue weighted by atomic mass is 10.2. The SMILES string of the molecule is CCN(CC)CCCN(CC)C(=O)CSC1CCNCC1. The van der Waals surface area contributed by atoms with E-state index in [-0.39, 0.29) is 0 Å². The van der Waals surface area contributed by atoms with E-state index in [9.17, 15) is 4.79 Å². The minimum Gasteiger partial charge on any atom is -0.342 e. The van der Waals surface area contributed by atoms with Gasteiger partial charge >= 0.3 is 0 Å². The van der Waals surface area contributed by atoms with Crippen LogP contribution in [0.25, 0.3) is 0 Å². The Hall–Kier alpha value is -0.260. The van der Waals surface area contributed by atoms with Crippen LogP contribution in [0, 0.1) is 0 Å². The first-order chi connectivity index (χ1) is 10.2. The third-order valence-electron chi connectivity index (χ3n) is 4.26. The second kappa shape index (κ2) is 11.3. The standard InChI is InChI=1S/C16H33N3OS/c1-4-18(5-2)12-7-13-19(6-3)16(20)14-21-15-8-10-17-11-9-15/h15,17H,4-14H2,1-3H3. The molecule has 1 rings (SSSR count). The normalized spacial score (nSPS) is 16.4. The van der Waals surface area contributed by atoms with Gasteiger partial charge in [0.2, 0.25) is 5.91 Å². The quantitative estimate of drug-likeness (QED) is 0.669. The summed E-state index contributed by atoms with van der Waals surface area (Å²) in [5.74, 6) is 0.977. The van der Waals surface area contributed by atoms with Crippen molar-refractivity contribution in [3.63, 3.8) is 0 Å². The number of hydrogen-bond acceptors (Lipinski definition) is 4. The molecule has 1 heterocycles. The summed E-state index contributed by atoms with van der Waals surface area (Å²) in [6.07, 6.45) is 3.48. The van der Waals surface area contributed by atoms with E-state index in [2.05, 4.69) is 31.0 Å². The van der Waals surface area contributed by atoms with E-state index >= 15 is 0 Å². The molecule has 1 fully saturated rings. The van der Waals surface area contributed by atoms with Crippen LogP contribution in [0.15, 0.2) is 0 Å². The molecule has 0 aromatic carbocycles. The van der Waals surface area contributed by atoms with Gasteiger partial charge in [-0.3, -0.25) is 4.79 Å². The highest BCUT2D eigenvalue weighted by Gasteiger charge is 2.17. The molecule has 0 unspecified atom stereocenters. The molecule has 5 heteroatoms. The molecule has 0 aromatic heterocycles. The third kappa shape index (κ3) is 7.52. The molecule has 1 aliphatic heterocycles. The van der Waals surface area contributed by atoms with E-state index in [1.807, 2.05) is 16.7 Å². The summed E-state index contributed by atoms with van der Waals surface area (Å²) < 4.78 is 0. The number of thioether (sulfide) groups is 1. The van der Waals surface area contributed by atoms with Gasteiger partial charge in [0.1, 0.15) is 0 Å². The highest BCUT2D eigenvalue weighted by molar-refractivity contribution is 8.00. The zero-order valence-corrected chi connectivity index (χ0v) is 14.9. The molecule has 0 bridgehead atoms. The van der Waals surface area contributed by atoms with Crippen molar-refractivity contribution in [3.05, 3.63) is 0 Å². The summed E-state index contributed by atoms with van der Waals surface area (Å²) in [5.41, 5.74) is 0. The highest BCUT2D eigenvalue weighted by Crippen LogP contribution is 2.20. The zero-order valence-electron chi connectivity index (χ0n) is 14.1. The maximum absolute atomic E-state index is 12.3. The minimum atomic E-state index is 0.320. The van der Waals surface area contributed by atoms with Crippen LogP contribution in [0.5, 0.6) is 0 Å². The number of nitrogens with zero attached hydrogens (tertiary/aromatic N) is 2. The van der Waals surface area contributed by atoms with Crippen molar-refractivity contribution in [1.29, 1.82) is 0 Å². The fraction of sp³-hybridized carbons (Fsp3) is 0.938. The lowest BCUT2D eigenvalue weighted by Crippen LogP contribution is -2.36. The van der Waals surface area contributed by atoms with Crippen molar-refractivity contribution >= 4 is 17.7 Å². The number of carbonyl (C=O) groups excluding carboxylic acids is 1. The van der Waals surface area contributed by atoms with Crippen LogP contribution in [0.1, 0.15) is 40.0 Å². The smallest absolute Gasteiger partial charge is 0.232 e. The Morgan fingerprint density at radius 3 is 2.33 bits per heavy atom. The van der Waals surface area contributed by atoms with Crippen LogP contribution in [-0.2, 0) is 4.79 Å². The van der Waals surface area contributed by atoms with Crippen LogP contribution >= 0.6 is 11.8 Å². The minimum absolute atomic E-state index is 0.320. The van der Waals surface area contributed by atoms with Gasteiger partial charge < -0.3 is 15.1 Å². The van der Waals surface area contributed by atoms with Gasteiger partial charge in [0.15, 0.2) is 0 Å². The molecule has 0 spiro atoms. The van der Waals surface area contributed by atoms with Crippen molar-refractivity contribution in [1.82, 2.24) is 15.1 Å². The van der Waals surface area contributed by atoms with Crippen molar-refractivity contribution < 1.29 is 4.79 Å². The number of carbonyl (C=O) groups is 1. The number of hydrogen-bond donors (Lipinski definition) is 1. The first-order valence-electron chi connectivity index (χ1n) is 8.53. The topological polar surface area (TPSA) is 35.6 Å². The van der Waals surface area contributed by atoms with Gasteiger partial charge in [0, 0.05) is 18.3 Å². The molecule has 0 atom stereocenters. The van der Waals surface area contributed by atoms with E-state index in [0.717, 1.165) is 52.2 Å². The van der Waals surface area contributed by atoms with Gasteiger partial charge in [-0.05, 0) is 58.9 Å². The van der Waals surface area contributed by atoms with Crippen molar-refractivity contribution in [2.75, 3.05) is 51.6 Å². The molecule has 1 saturated heterocycles. The van der Waals surface area contributed by atoms with Crippen LogP contribution in [0.4, 0.5) is 0 Å². The van der Waals surface area contributed by atoms with E-state index in [0.29, 0.717) is 16.9 Å². The predicted octanol–water partition coefficient (Wildman–Crippen LogP) is 2.05. The fourth-order valence-electron chi connectivity index (χ4n) is 2.73. The largest absolute Gasteiger partial charge is 0.342 e. The molecule has 1 amide bonds. The summed E-state index contributed by atoms with van der Waals surface area (Å²) in [5, 5.41) is 4.04. The summed E-state index contributed by atoms with van der Waals surface area (Å²) >= 11 is 1.86. The first kappa shape index (κ1) is 18.8. The number of rotatable bonds is 10. The van der Waals surface area contributed by atoms with Gasteiger partial charge in [0.25, 0.3) is 0 Å². The molecule has 1 N–H and O–H groups in total. The molecule has 0 saturated carbocycles. The monoisotopic (exact) mass is 315 g/mol. The van der Waals surface area contributed by atoms with Gasteiger partial charge in [0.05, 0.1) is 5.75 Å². The van der Waals surface area contributed by atoms with Gasteiger partial charge in [-0.2, -0.15) is 0 Å². The first-order valence-corrected chi connectivity index (χ1v) is 9.58. The van der Waals surface area contributed by atoms with Gasteiger partial charge in [-0.1, -0.05) is 13.8 Å². The second-order valence-electron chi connectivity index (χ2n) is 5.61. The molecule has 0 aromatic rings. The van der Waals surface area contributed by atoms with Crippen molar-refractivity contribution in [3.8, 4) is 0 Å². The van der Waals surface area contributed by atoms with Crippen LogP contribution in [0.3, 0.4) is 0 Å². The van der Waals surface area contributed by atoms with E-state index < -0.39 is 0 Å². The molecular formula is C16H33N3OS. The highest BCUT2D eigenvalue weighted by atomic mass is 32.2. The summed E-state index contributed by atoms with van der Waals surface area (Å²) in [6, 6.07) is 0. The van der Waals surface area contributed by atoms with Crippen LogP contribution < -0.4 is 5.32 Å². The molecule has 0 radical (unpaired) electrons.